The van der Waals surface area contributed by atoms with Gasteiger partial charge in [0.1, 0.15) is 0 Å². The minimum atomic E-state index is -0.362. The van der Waals surface area contributed by atoms with Gasteiger partial charge in [-0.1, -0.05) is 42.1 Å². The van der Waals surface area contributed by atoms with Crippen LogP contribution in [0.15, 0.2) is 41.6 Å². The SMILES string of the molecule is Cc1cc(C)n(-c2nnc(SC(C)C(=O)NCc3ccccc3)n2N)n1. The highest BCUT2D eigenvalue weighted by Gasteiger charge is 2.20. The van der Waals surface area contributed by atoms with E-state index in [2.05, 4.69) is 20.6 Å². The molecular weight excluding hydrogens is 350 g/mol. The number of nitrogens with two attached hydrogens (primary N) is 1. The van der Waals surface area contributed by atoms with Crippen LogP contribution >= 0.6 is 11.8 Å². The van der Waals surface area contributed by atoms with Crippen LogP contribution < -0.4 is 11.2 Å². The van der Waals surface area contributed by atoms with Crippen LogP contribution in [0.4, 0.5) is 0 Å². The standard InChI is InChI=1S/C17H21N7OS/c1-11-9-12(2)24(22-11)16-20-21-17(23(16)18)26-13(3)15(25)19-10-14-7-5-4-6-8-14/h4-9,13H,10,18H2,1-3H3,(H,19,25). The number of aryl methyl sites for hydroxylation is 2. The zero-order chi connectivity index (χ0) is 18.7. The highest BCUT2D eigenvalue weighted by molar-refractivity contribution is 8.00. The van der Waals surface area contributed by atoms with Crippen LogP contribution in [-0.2, 0) is 11.3 Å². The Morgan fingerprint density at radius 2 is 2.00 bits per heavy atom. The summed E-state index contributed by atoms with van der Waals surface area (Å²) in [6.07, 6.45) is 0. The fourth-order valence-electron chi connectivity index (χ4n) is 2.47. The summed E-state index contributed by atoms with van der Waals surface area (Å²) < 4.78 is 2.98. The second kappa shape index (κ2) is 7.61. The quantitative estimate of drug-likeness (QED) is 0.504. The lowest BCUT2D eigenvalue weighted by molar-refractivity contribution is -0.120. The van der Waals surface area contributed by atoms with Crippen molar-refractivity contribution in [3.63, 3.8) is 0 Å². The number of hydrogen-bond acceptors (Lipinski definition) is 6. The average molecular weight is 371 g/mol. The molecule has 3 N–H and O–H groups in total. The molecule has 1 atom stereocenters. The summed E-state index contributed by atoms with van der Waals surface area (Å²) in [5.74, 6) is 6.43. The molecule has 0 saturated heterocycles. The van der Waals surface area contributed by atoms with Gasteiger partial charge in [0, 0.05) is 12.2 Å². The molecule has 0 aliphatic carbocycles. The highest BCUT2D eigenvalue weighted by Crippen LogP contribution is 2.22. The number of nitrogen functional groups attached to an aromatic ring is 1. The fraction of sp³-hybridized carbons (Fsp3) is 0.294. The summed E-state index contributed by atoms with van der Waals surface area (Å²) in [5, 5.41) is 15.6. The molecule has 0 aliphatic rings. The van der Waals surface area contributed by atoms with E-state index >= 15 is 0 Å². The van der Waals surface area contributed by atoms with Crippen LogP contribution in [0, 0.1) is 13.8 Å². The van der Waals surface area contributed by atoms with Gasteiger partial charge in [0.25, 0.3) is 5.95 Å². The molecule has 8 nitrogen and oxygen atoms in total. The molecule has 0 bridgehead atoms. The van der Waals surface area contributed by atoms with Gasteiger partial charge in [-0.2, -0.15) is 5.10 Å². The van der Waals surface area contributed by atoms with Gasteiger partial charge in [0.15, 0.2) is 0 Å². The lowest BCUT2D eigenvalue weighted by Crippen LogP contribution is -2.31. The van der Waals surface area contributed by atoms with Crippen LogP contribution in [0.1, 0.15) is 23.9 Å². The monoisotopic (exact) mass is 371 g/mol. The Hall–Kier alpha value is -2.81. The molecule has 9 heteroatoms. The summed E-state index contributed by atoms with van der Waals surface area (Å²) in [7, 11) is 0. The number of benzene rings is 1. The Balaban J connectivity index is 1.65. The van der Waals surface area contributed by atoms with Crippen LogP contribution in [0.2, 0.25) is 0 Å². The van der Waals surface area contributed by atoms with E-state index < -0.39 is 0 Å². The van der Waals surface area contributed by atoms with Crippen molar-refractivity contribution in [2.45, 2.75) is 37.7 Å². The van der Waals surface area contributed by atoms with Gasteiger partial charge in [0.05, 0.1) is 10.9 Å². The minimum absolute atomic E-state index is 0.0884. The van der Waals surface area contributed by atoms with Crippen molar-refractivity contribution in [3.8, 4) is 5.95 Å². The molecule has 0 aliphatic heterocycles. The zero-order valence-corrected chi connectivity index (χ0v) is 15.7. The zero-order valence-electron chi connectivity index (χ0n) is 14.9. The summed E-state index contributed by atoms with van der Waals surface area (Å²) in [6, 6.07) is 11.7. The minimum Gasteiger partial charge on any atom is -0.351 e. The molecule has 2 heterocycles. The Kier molecular flexibility index (Phi) is 5.27. The van der Waals surface area contributed by atoms with E-state index in [0.717, 1.165) is 17.0 Å². The third-order valence-electron chi connectivity index (χ3n) is 3.81. The topological polar surface area (TPSA) is 104 Å². The summed E-state index contributed by atoms with van der Waals surface area (Å²) in [6.45, 7) is 6.11. The average Bonchev–Trinajstić information content (AvgIpc) is 3.15. The van der Waals surface area contributed by atoms with E-state index in [1.54, 1.807) is 4.68 Å². The molecule has 136 valence electrons. The number of carbonyl (C=O) groups is 1. The maximum absolute atomic E-state index is 12.3. The Labute approximate surface area is 155 Å². The number of nitrogens with zero attached hydrogens (tertiary/aromatic N) is 5. The van der Waals surface area contributed by atoms with Gasteiger partial charge in [-0.15, -0.1) is 10.2 Å². The second-order valence-corrected chi connectivity index (χ2v) is 7.26. The molecule has 0 spiro atoms. The van der Waals surface area contributed by atoms with E-state index in [1.807, 2.05) is 57.2 Å². The third kappa shape index (κ3) is 3.88. The largest absolute Gasteiger partial charge is 0.351 e. The number of amides is 1. The van der Waals surface area contributed by atoms with Gasteiger partial charge >= 0.3 is 0 Å². The predicted molar refractivity (Wildman–Crippen MR) is 100 cm³/mol. The van der Waals surface area contributed by atoms with Crippen LogP contribution in [0.5, 0.6) is 0 Å². The van der Waals surface area contributed by atoms with Gasteiger partial charge in [-0.25, -0.2) is 9.36 Å². The summed E-state index contributed by atoms with van der Waals surface area (Å²) in [4.78, 5) is 12.3. The van der Waals surface area contributed by atoms with E-state index in [9.17, 15) is 4.79 Å². The van der Waals surface area contributed by atoms with E-state index in [1.165, 1.54) is 16.4 Å². The Morgan fingerprint density at radius 3 is 2.65 bits per heavy atom. The normalized spacial score (nSPS) is 12.1. The van der Waals surface area contributed by atoms with Crippen LogP contribution in [-0.4, -0.2) is 35.8 Å². The number of hydrogen-bond donors (Lipinski definition) is 2. The first kappa shape index (κ1) is 18.0. The molecule has 1 aromatic carbocycles. The predicted octanol–water partition coefficient (Wildman–Crippen LogP) is 1.59. The van der Waals surface area contributed by atoms with E-state index in [0.29, 0.717) is 17.6 Å². The van der Waals surface area contributed by atoms with Crippen molar-refractivity contribution in [2.75, 3.05) is 5.84 Å². The van der Waals surface area contributed by atoms with Crippen molar-refractivity contribution in [1.82, 2.24) is 30.0 Å². The lowest BCUT2D eigenvalue weighted by Gasteiger charge is -2.11. The van der Waals surface area contributed by atoms with Crippen molar-refractivity contribution in [1.29, 1.82) is 0 Å². The van der Waals surface area contributed by atoms with E-state index in [4.69, 9.17) is 5.84 Å². The van der Waals surface area contributed by atoms with Crippen molar-refractivity contribution in [2.24, 2.45) is 0 Å². The molecular formula is C17H21N7OS. The van der Waals surface area contributed by atoms with Gasteiger partial charge in [0.2, 0.25) is 11.1 Å². The van der Waals surface area contributed by atoms with Gasteiger partial charge < -0.3 is 11.2 Å². The molecule has 2 aromatic heterocycles. The lowest BCUT2D eigenvalue weighted by atomic mass is 10.2. The first-order valence-corrected chi connectivity index (χ1v) is 9.06. The van der Waals surface area contributed by atoms with Crippen molar-refractivity contribution in [3.05, 3.63) is 53.3 Å². The number of nitrogens with one attached hydrogen (secondary N) is 1. The molecule has 0 saturated carbocycles. The van der Waals surface area contributed by atoms with Gasteiger partial charge in [-0.05, 0) is 32.4 Å². The number of carbonyl (C=O) groups excluding carboxylic acids is 1. The molecule has 1 amide bonds. The molecule has 3 aromatic rings. The van der Waals surface area contributed by atoms with Crippen LogP contribution in [0.25, 0.3) is 5.95 Å². The summed E-state index contributed by atoms with van der Waals surface area (Å²) >= 11 is 1.25. The molecule has 26 heavy (non-hydrogen) atoms. The third-order valence-corrected chi connectivity index (χ3v) is 4.86. The first-order valence-electron chi connectivity index (χ1n) is 8.18. The molecule has 3 rings (SSSR count). The Morgan fingerprint density at radius 1 is 1.27 bits per heavy atom. The fourth-order valence-corrected chi connectivity index (χ4v) is 3.26. The number of aromatic nitrogens is 5. The summed E-state index contributed by atoms with van der Waals surface area (Å²) in [5.41, 5.74) is 2.83. The molecule has 0 fully saturated rings. The number of thioether (sulfide) groups is 1. The number of rotatable bonds is 6. The maximum Gasteiger partial charge on any atom is 0.271 e. The van der Waals surface area contributed by atoms with Crippen molar-refractivity contribution >= 4 is 17.7 Å². The smallest absolute Gasteiger partial charge is 0.271 e. The molecule has 1 unspecified atom stereocenters. The van der Waals surface area contributed by atoms with E-state index in [-0.39, 0.29) is 11.2 Å². The maximum atomic E-state index is 12.3. The Bertz CT molecular complexity index is 903. The van der Waals surface area contributed by atoms with Gasteiger partial charge in [-0.3, -0.25) is 4.79 Å². The molecule has 0 radical (unpaired) electrons. The first-order chi connectivity index (χ1) is 12.5. The second-order valence-electron chi connectivity index (χ2n) is 5.95. The highest BCUT2D eigenvalue weighted by atomic mass is 32.2. The van der Waals surface area contributed by atoms with Crippen LogP contribution in [0.3, 0.4) is 0 Å². The van der Waals surface area contributed by atoms with Crippen molar-refractivity contribution < 1.29 is 4.79 Å².